The minimum absolute atomic E-state index is 0.0607. The molecule has 1 heterocycles. The Hall–Kier alpha value is -1.89. The molecule has 0 radical (unpaired) electrons. The Labute approximate surface area is 123 Å². The third-order valence-corrected chi connectivity index (χ3v) is 4.09. The molecule has 116 valence electrons. The Morgan fingerprint density at radius 1 is 1.62 bits per heavy atom. The fourth-order valence-electron chi connectivity index (χ4n) is 2.57. The molecule has 1 saturated carbocycles. The number of rotatable bonds is 7. The highest BCUT2D eigenvalue weighted by Gasteiger charge is 2.42. The van der Waals surface area contributed by atoms with Crippen molar-refractivity contribution in [1.82, 2.24) is 9.88 Å². The van der Waals surface area contributed by atoms with Gasteiger partial charge in [-0.05, 0) is 32.1 Å². The quantitative estimate of drug-likeness (QED) is 0.589. The third kappa shape index (κ3) is 3.24. The van der Waals surface area contributed by atoms with Gasteiger partial charge in [0.15, 0.2) is 0 Å². The Balaban J connectivity index is 2.23. The summed E-state index contributed by atoms with van der Waals surface area (Å²) in [6.07, 6.45) is 4.33. The van der Waals surface area contributed by atoms with E-state index in [4.69, 9.17) is 5.73 Å². The first kappa shape index (κ1) is 15.5. The largest absolute Gasteiger partial charge is 0.344 e. The van der Waals surface area contributed by atoms with Crippen LogP contribution in [0.25, 0.3) is 0 Å². The smallest absolute Gasteiger partial charge is 0.287 e. The summed E-state index contributed by atoms with van der Waals surface area (Å²) in [7, 11) is 0. The van der Waals surface area contributed by atoms with E-state index in [1.165, 1.54) is 12.3 Å². The lowest BCUT2D eigenvalue weighted by Gasteiger charge is -2.29. The second kappa shape index (κ2) is 5.85. The fraction of sp³-hybridized carbons (Fsp3) is 0.643. The van der Waals surface area contributed by atoms with Gasteiger partial charge in [0.25, 0.3) is 11.6 Å². The van der Waals surface area contributed by atoms with E-state index < -0.39 is 10.5 Å². The predicted octanol–water partition coefficient (Wildman–Crippen LogP) is 1.66. The molecule has 1 aliphatic rings. The average molecular weight is 294 g/mol. The lowest BCUT2D eigenvalue weighted by Crippen LogP contribution is -2.53. The molecule has 0 bridgehead atoms. The van der Waals surface area contributed by atoms with Crippen molar-refractivity contribution in [3.05, 3.63) is 28.1 Å². The fourth-order valence-corrected chi connectivity index (χ4v) is 2.57. The van der Waals surface area contributed by atoms with Gasteiger partial charge >= 0.3 is 0 Å². The second-order valence-electron chi connectivity index (χ2n) is 5.88. The number of nitro groups is 1. The molecule has 2 rings (SSSR count). The van der Waals surface area contributed by atoms with Crippen LogP contribution in [0, 0.1) is 16.0 Å². The van der Waals surface area contributed by atoms with Gasteiger partial charge in [-0.15, -0.1) is 0 Å². The van der Waals surface area contributed by atoms with E-state index in [2.05, 4.69) is 5.32 Å². The van der Waals surface area contributed by atoms with Crippen LogP contribution >= 0.6 is 0 Å². The van der Waals surface area contributed by atoms with Crippen molar-refractivity contribution >= 4 is 11.6 Å². The molecular weight excluding hydrogens is 272 g/mol. The van der Waals surface area contributed by atoms with Crippen molar-refractivity contribution in [2.75, 3.05) is 6.54 Å². The van der Waals surface area contributed by atoms with E-state index >= 15 is 0 Å². The molecule has 1 atom stereocenters. The van der Waals surface area contributed by atoms with Crippen molar-refractivity contribution in [2.24, 2.45) is 11.7 Å². The van der Waals surface area contributed by atoms with Gasteiger partial charge in [-0.3, -0.25) is 14.9 Å². The summed E-state index contributed by atoms with van der Waals surface area (Å²) in [5.41, 5.74) is 5.62. The topological polar surface area (TPSA) is 103 Å². The van der Waals surface area contributed by atoms with E-state index in [0.717, 1.165) is 19.3 Å². The van der Waals surface area contributed by atoms with Gasteiger partial charge in [-0.1, -0.05) is 6.92 Å². The van der Waals surface area contributed by atoms with Gasteiger partial charge in [-0.2, -0.15) is 0 Å². The summed E-state index contributed by atoms with van der Waals surface area (Å²) < 4.78 is 1.64. The van der Waals surface area contributed by atoms with Crippen molar-refractivity contribution in [3.63, 3.8) is 0 Å². The van der Waals surface area contributed by atoms with Crippen molar-refractivity contribution in [1.29, 1.82) is 0 Å². The average Bonchev–Trinajstić information content (AvgIpc) is 3.20. The number of aromatic nitrogens is 1. The van der Waals surface area contributed by atoms with Crippen molar-refractivity contribution in [3.8, 4) is 0 Å². The molecule has 7 heteroatoms. The van der Waals surface area contributed by atoms with Gasteiger partial charge in [0.1, 0.15) is 5.69 Å². The van der Waals surface area contributed by atoms with Gasteiger partial charge in [0.05, 0.1) is 16.7 Å². The molecule has 1 unspecified atom stereocenters. The van der Waals surface area contributed by atoms with Crippen LogP contribution in [0.15, 0.2) is 12.3 Å². The van der Waals surface area contributed by atoms with Crippen LogP contribution in [-0.4, -0.2) is 27.5 Å². The molecule has 3 N–H and O–H groups in total. The van der Waals surface area contributed by atoms with E-state index in [1.54, 1.807) is 4.57 Å². The Morgan fingerprint density at radius 3 is 2.76 bits per heavy atom. The zero-order valence-electron chi connectivity index (χ0n) is 12.5. The first-order valence-electron chi connectivity index (χ1n) is 7.28. The van der Waals surface area contributed by atoms with Crippen molar-refractivity contribution < 1.29 is 9.72 Å². The molecule has 0 saturated heterocycles. The van der Waals surface area contributed by atoms with Gasteiger partial charge in [-0.25, -0.2) is 0 Å². The summed E-state index contributed by atoms with van der Waals surface area (Å²) >= 11 is 0. The molecule has 1 fully saturated rings. The minimum Gasteiger partial charge on any atom is -0.344 e. The highest BCUT2D eigenvalue weighted by molar-refractivity contribution is 5.94. The van der Waals surface area contributed by atoms with E-state index in [0.29, 0.717) is 24.7 Å². The number of nitrogens with two attached hydrogens (primary N) is 1. The number of hydrogen-bond acceptors (Lipinski definition) is 4. The lowest BCUT2D eigenvalue weighted by atomic mass is 9.96. The van der Waals surface area contributed by atoms with Crippen LogP contribution in [-0.2, 0) is 6.54 Å². The predicted molar refractivity (Wildman–Crippen MR) is 79.0 cm³/mol. The summed E-state index contributed by atoms with van der Waals surface area (Å²) in [6.45, 7) is 4.82. The zero-order chi connectivity index (χ0) is 15.6. The lowest BCUT2D eigenvalue weighted by molar-refractivity contribution is -0.384. The van der Waals surface area contributed by atoms with E-state index in [9.17, 15) is 14.9 Å². The van der Waals surface area contributed by atoms with Crippen LogP contribution in [0.4, 0.5) is 5.69 Å². The maximum absolute atomic E-state index is 12.5. The minimum atomic E-state index is -0.480. The maximum Gasteiger partial charge on any atom is 0.287 e. The summed E-state index contributed by atoms with van der Waals surface area (Å²) in [6, 6.07) is 1.33. The number of hydrogen-bond donors (Lipinski definition) is 2. The number of carbonyl (C=O) groups excluding carboxylic acids is 1. The number of aryl methyl sites for hydroxylation is 1. The van der Waals surface area contributed by atoms with E-state index in [-0.39, 0.29) is 11.6 Å². The SMILES string of the molecule is CCCn1cc([N+](=O)[O-])cc1C(=O)NC(C)(CN)C1CC1. The van der Waals surface area contributed by atoms with Crippen LogP contribution < -0.4 is 11.1 Å². The van der Waals surface area contributed by atoms with Crippen LogP contribution in [0.1, 0.15) is 43.6 Å². The highest BCUT2D eigenvalue weighted by Crippen LogP contribution is 2.39. The molecule has 1 amide bonds. The first-order chi connectivity index (χ1) is 9.91. The number of carbonyl (C=O) groups is 1. The zero-order valence-corrected chi connectivity index (χ0v) is 12.5. The monoisotopic (exact) mass is 294 g/mol. The standard InChI is InChI=1S/C14H22N4O3/c1-3-6-17-8-11(18(20)21)7-12(17)13(19)16-14(2,9-15)10-4-5-10/h7-8,10H,3-6,9,15H2,1-2H3,(H,16,19). The second-order valence-corrected chi connectivity index (χ2v) is 5.88. The number of nitrogens with one attached hydrogen (secondary N) is 1. The molecule has 1 aromatic heterocycles. The van der Waals surface area contributed by atoms with Gasteiger partial charge in [0.2, 0.25) is 0 Å². The normalized spacial score (nSPS) is 17.3. The Morgan fingerprint density at radius 2 is 2.29 bits per heavy atom. The molecule has 7 nitrogen and oxygen atoms in total. The summed E-state index contributed by atoms with van der Waals surface area (Å²) in [4.78, 5) is 22.9. The molecule has 1 aromatic rings. The Kier molecular flexibility index (Phi) is 4.32. The highest BCUT2D eigenvalue weighted by atomic mass is 16.6. The van der Waals surface area contributed by atoms with Crippen LogP contribution in [0.5, 0.6) is 0 Å². The van der Waals surface area contributed by atoms with Gasteiger partial charge in [0, 0.05) is 19.2 Å². The molecule has 0 aliphatic heterocycles. The van der Waals surface area contributed by atoms with Gasteiger partial charge < -0.3 is 15.6 Å². The summed E-state index contributed by atoms with van der Waals surface area (Å²) in [5.74, 6) is 0.104. The summed E-state index contributed by atoms with van der Waals surface area (Å²) in [5, 5.41) is 13.9. The first-order valence-corrected chi connectivity index (χ1v) is 7.28. The Bertz CT molecular complexity index is 550. The molecular formula is C14H22N4O3. The molecule has 21 heavy (non-hydrogen) atoms. The van der Waals surface area contributed by atoms with Crippen LogP contribution in [0.3, 0.4) is 0 Å². The number of amides is 1. The van der Waals surface area contributed by atoms with Crippen molar-refractivity contribution in [2.45, 2.75) is 45.2 Å². The number of nitrogens with zero attached hydrogens (tertiary/aromatic N) is 2. The van der Waals surface area contributed by atoms with Crippen LogP contribution in [0.2, 0.25) is 0 Å². The third-order valence-electron chi connectivity index (χ3n) is 4.09. The molecule has 0 spiro atoms. The maximum atomic E-state index is 12.5. The van der Waals surface area contributed by atoms with E-state index in [1.807, 2.05) is 13.8 Å². The molecule has 1 aliphatic carbocycles. The molecule has 0 aromatic carbocycles.